The van der Waals surface area contributed by atoms with Crippen LogP contribution in [0.5, 0.6) is 5.75 Å². The lowest BCUT2D eigenvalue weighted by Gasteiger charge is -2.62. The highest BCUT2D eigenvalue weighted by Gasteiger charge is 2.79. The van der Waals surface area contributed by atoms with Gasteiger partial charge < -0.3 is 33.8 Å². The largest absolute Gasteiger partial charge is 0.444 e. The van der Waals surface area contributed by atoms with Gasteiger partial charge in [0.1, 0.15) is 11.4 Å². The van der Waals surface area contributed by atoms with Gasteiger partial charge in [-0.15, -0.1) is 0 Å². The fourth-order valence-electron chi connectivity index (χ4n) is 11.2. The molecule has 1 aromatic heterocycles. The molecule has 4 unspecified atom stereocenters. The first-order chi connectivity index (χ1) is 29.2. The number of rotatable bonds is 10. The first-order valence-corrected chi connectivity index (χ1v) is 24.3. The number of aliphatic hydroxyl groups is 2. The van der Waals surface area contributed by atoms with Crippen LogP contribution in [0.25, 0.3) is 0 Å². The number of pyridine rings is 1. The fourth-order valence-corrected chi connectivity index (χ4v) is 11.9. The fraction of sp³-hybridized carbons (Fsp3) is 0.604. The topological polar surface area (TPSA) is 177 Å². The zero-order valence-corrected chi connectivity index (χ0v) is 38.9. The van der Waals surface area contributed by atoms with E-state index in [1.807, 2.05) is 44.5 Å². The van der Waals surface area contributed by atoms with Crippen molar-refractivity contribution in [3.63, 3.8) is 0 Å². The second-order valence-corrected chi connectivity index (χ2v) is 23.6. The minimum absolute atomic E-state index is 0.0735. The number of halogens is 1. The van der Waals surface area contributed by atoms with E-state index in [0.717, 1.165) is 0 Å². The van der Waals surface area contributed by atoms with Gasteiger partial charge in [-0.3, -0.25) is 14.2 Å². The first kappa shape index (κ1) is 46.7. The number of Topliss-reactive ketones (excluding diaryl/α,β-unsaturated/α-hetero) is 1. The van der Waals surface area contributed by atoms with Crippen LogP contribution in [0, 0.1) is 34.0 Å². The van der Waals surface area contributed by atoms with Crippen molar-refractivity contribution in [2.24, 2.45) is 22.7 Å². The van der Waals surface area contributed by atoms with E-state index in [1.54, 1.807) is 70.3 Å². The number of nitriles is 1. The SMILES string of the molecule is CC(C)(C)OC(=O)N(CC(O)c1ccc(C[n+]2cccc(C3O[C@@H]4CC5C6CCC7=CC(=O)C=C[C@]7(C)[C@@]6(F)[C@@H](O)C[C@]5(C)[C@]4(C(=O)CC#N)O3)c2)c(OP(C)(C)=O)c1)C(C)(C)C. The number of amides is 1. The number of carbonyl (C=O) groups is 3. The summed E-state index contributed by atoms with van der Waals surface area (Å²) >= 11 is 0. The Morgan fingerprint density at radius 2 is 1.86 bits per heavy atom. The third-order valence-corrected chi connectivity index (χ3v) is 14.8. The molecule has 5 aliphatic rings. The minimum atomic E-state index is -3.10. The van der Waals surface area contributed by atoms with Crippen molar-refractivity contribution in [3.05, 3.63) is 83.2 Å². The predicted octanol–water partition coefficient (Wildman–Crippen LogP) is 7.62. The highest BCUT2D eigenvalue weighted by atomic mass is 31.2. The van der Waals surface area contributed by atoms with Gasteiger partial charge >= 0.3 is 6.09 Å². The summed E-state index contributed by atoms with van der Waals surface area (Å²) in [7, 11) is -3.10. The number of ether oxygens (including phenoxy) is 3. The number of aliphatic hydroxyl groups excluding tert-OH is 2. The summed E-state index contributed by atoms with van der Waals surface area (Å²) in [5.41, 5.74) is -5.18. The van der Waals surface area contributed by atoms with Crippen LogP contribution in [-0.4, -0.2) is 87.3 Å². The van der Waals surface area contributed by atoms with E-state index in [2.05, 4.69) is 0 Å². The van der Waals surface area contributed by atoms with Gasteiger partial charge in [0.15, 0.2) is 48.1 Å². The van der Waals surface area contributed by atoms with Crippen molar-refractivity contribution < 1.29 is 56.9 Å². The predicted molar refractivity (Wildman–Crippen MR) is 230 cm³/mol. The molecule has 15 heteroatoms. The number of benzene rings is 1. The third-order valence-electron chi connectivity index (χ3n) is 14.1. The molecule has 1 aromatic carbocycles. The summed E-state index contributed by atoms with van der Waals surface area (Å²) in [6.45, 7) is 17.6. The van der Waals surface area contributed by atoms with Gasteiger partial charge in [-0.25, -0.2) is 13.8 Å². The molecule has 4 fully saturated rings. The molecule has 10 atom stereocenters. The third kappa shape index (κ3) is 8.11. The van der Waals surface area contributed by atoms with E-state index in [9.17, 15) is 34.4 Å². The number of nitrogens with zero attached hydrogens (tertiary/aromatic N) is 3. The summed E-state index contributed by atoms with van der Waals surface area (Å²) in [4.78, 5) is 41.3. The summed E-state index contributed by atoms with van der Waals surface area (Å²) in [5.74, 6) is -1.51. The second kappa shape index (κ2) is 16.0. The molecule has 340 valence electrons. The maximum atomic E-state index is 17.9. The maximum absolute atomic E-state index is 17.9. The van der Waals surface area contributed by atoms with Crippen LogP contribution in [0.1, 0.15) is 117 Å². The molecule has 1 aliphatic heterocycles. The lowest BCUT2D eigenvalue weighted by atomic mass is 9.44. The van der Waals surface area contributed by atoms with Crippen molar-refractivity contribution in [2.45, 2.75) is 141 Å². The Kier molecular flexibility index (Phi) is 11.9. The van der Waals surface area contributed by atoms with E-state index in [0.29, 0.717) is 35.1 Å². The van der Waals surface area contributed by atoms with Crippen molar-refractivity contribution in [1.82, 2.24) is 4.90 Å². The number of aromatic nitrogens is 1. The van der Waals surface area contributed by atoms with Gasteiger partial charge in [-0.2, -0.15) is 5.26 Å². The monoisotopic (exact) mass is 890 g/mol. The van der Waals surface area contributed by atoms with Crippen LogP contribution in [0.2, 0.25) is 0 Å². The summed E-state index contributed by atoms with van der Waals surface area (Å²) in [6.07, 6.45) is 3.52. The molecule has 1 amide bonds. The Bertz CT molecular complexity index is 2340. The van der Waals surface area contributed by atoms with Crippen LogP contribution in [0.15, 0.2) is 66.5 Å². The molecule has 0 bridgehead atoms. The molecule has 7 rings (SSSR count). The molecule has 2 N–H and O–H groups in total. The number of ketones is 2. The Balaban J connectivity index is 1.16. The van der Waals surface area contributed by atoms with Crippen LogP contribution >= 0.6 is 7.37 Å². The Morgan fingerprint density at radius 1 is 1.14 bits per heavy atom. The number of β-amino-alcohol motifs (C(OH)–C–C–N with tert-alkyl or cyclic N) is 1. The van der Waals surface area contributed by atoms with Crippen molar-refractivity contribution in [2.75, 3.05) is 19.9 Å². The quantitative estimate of drug-likeness (QED) is 0.177. The van der Waals surface area contributed by atoms with E-state index >= 15 is 4.39 Å². The number of fused-ring (bicyclic) bond motifs is 7. The van der Waals surface area contributed by atoms with Crippen LogP contribution in [-0.2, 0) is 34.9 Å². The number of hydrogen-bond acceptors (Lipinski definition) is 11. The molecule has 4 aliphatic carbocycles. The van der Waals surface area contributed by atoms with Crippen LogP contribution in [0.3, 0.4) is 0 Å². The highest BCUT2D eigenvalue weighted by molar-refractivity contribution is 7.57. The number of allylic oxidation sites excluding steroid dienone is 4. The van der Waals surface area contributed by atoms with Gasteiger partial charge in [0.2, 0.25) is 7.37 Å². The van der Waals surface area contributed by atoms with E-state index in [-0.39, 0.29) is 37.5 Å². The molecule has 2 aromatic rings. The average Bonchev–Trinajstić information content (AvgIpc) is 3.67. The average molecular weight is 891 g/mol. The number of alkyl halides is 1. The molecule has 63 heavy (non-hydrogen) atoms. The number of carbonyl (C=O) groups excluding carboxylic acids is 3. The summed E-state index contributed by atoms with van der Waals surface area (Å²) < 4.78 is 58.0. The molecule has 13 nitrogen and oxygen atoms in total. The van der Waals surface area contributed by atoms with Gasteiger partial charge in [-0.05, 0) is 116 Å². The van der Waals surface area contributed by atoms with Crippen molar-refractivity contribution >= 4 is 25.0 Å². The number of hydrogen-bond donors (Lipinski definition) is 2. The van der Waals surface area contributed by atoms with E-state index < -0.39 is 95.3 Å². The first-order valence-electron chi connectivity index (χ1n) is 21.8. The lowest BCUT2D eigenvalue weighted by Crippen LogP contribution is -2.69. The van der Waals surface area contributed by atoms with Gasteiger partial charge in [0.25, 0.3) is 0 Å². The molecular weight excluding hydrogens is 829 g/mol. The van der Waals surface area contributed by atoms with Gasteiger partial charge in [-0.1, -0.05) is 24.6 Å². The summed E-state index contributed by atoms with van der Waals surface area (Å²) in [6, 6.07) is 10.7. The van der Waals surface area contributed by atoms with Crippen molar-refractivity contribution in [3.8, 4) is 11.8 Å². The van der Waals surface area contributed by atoms with Crippen molar-refractivity contribution in [1.29, 1.82) is 5.26 Å². The normalized spacial score (nSPS) is 32.9. The molecule has 2 heterocycles. The van der Waals surface area contributed by atoms with Crippen LogP contribution in [0.4, 0.5) is 9.18 Å². The zero-order valence-electron chi connectivity index (χ0n) is 38.0. The molecule has 3 saturated carbocycles. The van der Waals surface area contributed by atoms with E-state index in [4.69, 9.17) is 18.7 Å². The Labute approximate surface area is 369 Å². The molecule has 1 saturated heterocycles. The Morgan fingerprint density at radius 3 is 2.51 bits per heavy atom. The highest BCUT2D eigenvalue weighted by Crippen LogP contribution is 2.72. The van der Waals surface area contributed by atoms with Gasteiger partial charge in [0.05, 0.1) is 48.5 Å². The second-order valence-electron chi connectivity index (χ2n) is 20.9. The zero-order chi connectivity index (χ0) is 46.3. The lowest BCUT2D eigenvalue weighted by molar-refractivity contribution is -0.689. The molecule has 0 spiro atoms. The standard InChI is InChI=1S/C48H62FN3O10P/c1-43(2,3)52(42(57)61-44(4,5)6)28-36(54)29-13-14-30(37(22-29)62-63(9,10)58)26-51-21-11-12-31(27-51)41-59-40-24-35-34-16-15-32-23-33(53)17-19-45(32,7)47(34,49)39(56)25-46(35,8)48(40,60-41)38(55)18-20-50/h11-14,17,19,21-23,27,34-36,39-41,54,56H,15-16,18,24-26,28H2,1-10H3/q+1/t34?,35?,36?,39-,40+,41?,45-,46-,47-,48+/m0/s1. The maximum Gasteiger partial charge on any atom is 0.410 e. The van der Waals surface area contributed by atoms with Gasteiger partial charge in [0, 0.05) is 41.7 Å². The van der Waals surface area contributed by atoms with Crippen LogP contribution < -0.4 is 9.09 Å². The summed E-state index contributed by atoms with van der Waals surface area (Å²) in [5, 5.41) is 33.2. The molecule has 0 radical (unpaired) electrons. The molecular formula is C48H62FN3O10P+. The minimum Gasteiger partial charge on any atom is -0.444 e. The Hall–Kier alpha value is -4.25. The smallest absolute Gasteiger partial charge is 0.410 e. The van der Waals surface area contributed by atoms with E-state index in [1.165, 1.54) is 30.4 Å².